The minimum Gasteiger partial charge on any atom is -0.283 e. The third-order valence-electron chi connectivity index (χ3n) is 2.02. The number of hydrogen-bond donors (Lipinski definition) is 1. The molecule has 0 radical (unpaired) electrons. The Hall–Kier alpha value is -1.34. The van der Waals surface area contributed by atoms with Crippen molar-refractivity contribution in [3.8, 4) is 0 Å². The van der Waals surface area contributed by atoms with Crippen molar-refractivity contribution < 1.29 is 13.3 Å². The Kier molecular flexibility index (Phi) is 3.94. The van der Waals surface area contributed by atoms with Crippen LogP contribution in [0.4, 0.5) is 11.4 Å². The van der Waals surface area contributed by atoms with Crippen LogP contribution in [0, 0.1) is 10.1 Å². The van der Waals surface area contributed by atoms with Gasteiger partial charge < -0.3 is 0 Å². The van der Waals surface area contributed by atoms with Crippen molar-refractivity contribution in [1.29, 1.82) is 0 Å². The van der Waals surface area contributed by atoms with Crippen LogP contribution in [0.25, 0.3) is 0 Å². The van der Waals surface area contributed by atoms with Gasteiger partial charge in [-0.2, -0.15) is 0 Å². The van der Waals surface area contributed by atoms with Crippen LogP contribution in [0.3, 0.4) is 0 Å². The van der Waals surface area contributed by atoms with E-state index in [4.69, 9.17) is 11.6 Å². The summed E-state index contributed by atoms with van der Waals surface area (Å²) in [5.74, 6) is 0. The monoisotopic (exact) mass is 278 g/mol. The van der Waals surface area contributed by atoms with Crippen LogP contribution in [0.5, 0.6) is 0 Å². The average Bonchev–Trinajstić information content (AvgIpc) is 2.20. The SMILES string of the molecule is CC(C)S(=O)(=O)Nc1ccc(Cl)c([N+](=O)[O-])c1. The highest BCUT2D eigenvalue weighted by molar-refractivity contribution is 7.93. The lowest BCUT2D eigenvalue weighted by atomic mass is 10.3. The first-order valence-corrected chi connectivity index (χ1v) is 6.62. The van der Waals surface area contributed by atoms with Crippen LogP contribution in [-0.2, 0) is 10.0 Å². The summed E-state index contributed by atoms with van der Waals surface area (Å²) in [6, 6.07) is 3.73. The highest BCUT2D eigenvalue weighted by Crippen LogP contribution is 2.28. The number of rotatable bonds is 4. The number of nitrogens with one attached hydrogen (secondary N) is 1. The molecule has 1 aromatic rings. The third-order valence-corrected chi connectivity index (χ3v) is 4.10. The van der Waals surface area contributed by atoms with Crippen molar-refractivity contribution in [1.82, 2.24) is 0 Å². The van der Waals surface area contributed by atoms with E-state index in [1.54, 1.807) is 0 Å². The van der Waals surface area contributed by atoms with Crippen molar-refractivity contribution in [2.24, 2.45) is 0 Å². The number of nitro groups is 1. The normalized spacial score (nSPS) is 11.5. The van der Waals surface area contributed by atoms with Crippen LogP contribution in [0.2, 0.25) is 5.02 Å². The summed E-state index contributed by atoms with van der Waals surface area (Å²) in [6.07, 6.45) is 0. The Morgan fingerprint density at radius 2 is 2.00 bits per heavy atom. The van der Waals surface area contributed by atoms with Crippen LogP contribution in [-0.4, -0.2) is 18.6 Å². The second-order valence-electron chi connectivity index (χ2n) is 3.62. The van der Waals surface area contributed by atoms with Crippen LogP contribution >= 0.6 is 11.6 Å². The van der Waals surface area contributed by atoms with Gasteiger partial charge in [-0.15, -0.1) is 0 Å². The van der Waals surface area contributed by atoms with Crippen molar-refractivity contribution in [2.45, 2.75) is 19.1 Å². The highest BCUT2D eigenvalue weighted by Gasteiger charge is 2.18. The van der Waals surface area contributed by atoms with Crippen molar-refractivity contribution in [3.05, 3.63) is 33.3 Å². The minimum absolute atomic E-state index is 0.0394. The fourth-order valence-corrected chi connectivity index (χ4v) is 1.88. The maximum absolute atomic E-state index is 11.6. The van der Waals surface area contributed by atoms with Crippen molar-refractivity contribution in [3.63, 3.8) is 0 Å². The van der Waals surface area contributed by atoms with Gasteiger partial charge in [0.1, 0.15) is 5.02 Å². The zero-order chi connectivity index (χ0) is 13.2. The lowest BCUT2D eigenvalue weighted by Gasteiger charge is -2.10. The molecule has 0 heterocycles. The van der Waals surface area contributed by atoms with Gasteiger partial charge in [0, 0.05) is 6.07 Å². The molecule has 0 aliphatic rings. The first-order valence-electron chi connectivity index (χ1n) is 4.69. The lowest BCUT2D eigenvalue weighted by molar-refractivity contribution is -0.384. The molecule has 1 rings (SSSR count). The molecule has 0 saturated carbocycles. The maximum Gasteiger partial charge on any atom is 0.289 e. The van der Waals surface area contributed by atoms with Gasteiger partial charge in [-0.3, -0.25) is 14.8 Å². The quantitative estimate of drug-likeness (QED) is 0.676. The van der Waals surface area contributed by atoms with Crippen molar-refractivity contribution in [2.75, 3.05) is 4.72 Å². The molecule has 0 fully saturated rings. The molecule has 0 aliphatic heterocycles. The van der Waals surface area contributed by atoms with Gasteiger partial charge in [0.25, 0.3) is 5.69 Å². The third kappa shape index (κ3) is 3.31. The van der Waals surface area contributed by atoms with E-state index in [9.17, 15) is 18.5 Å². The number of halogens is 1. The zero-order valence-corrected chi connectivity index (χ0v) is 10.7. The van der Waals surface area contributed by atoms with E-state index >= 15 is 0 Å². The fraction of sp³-hybridized carbons (Fsp3) is 0.333. The molecule has 0 atom stereocenters. The topological polar surface area (TPSA) is 89.3 Å². The number of nitrogens with zero attached hydrogens (tertiary/aromatic N) is 1. The van der Waals surface area contributed by atoms with E-state index in [1.165, 1.54) is 26.0 Å². The Labute approximate surface area is 104 Å². The predicted molar refractivity (Wildman–Crippen MR) is 65.8 cm³/mol. The van der Waals surface area contributed by atoms with Crippen LogP contribution in [0.1, 0.15) is 13.8 Å². The Morgan fingerprint density at radius 3 is 2.47 bits per heavy atom. The first-order chi connectivity index (χ1) is 7.74. The molecule has 1 aromatic carbocycles. The molecule has 0 bridgehead atoms. The maximum atomic E-state index is 11.6. The molecular formula is C9H11ClN2O4S. The summed E-state index contributed by atoms with van der Waals surface area (Å²) < 4.78 is 25.4. The molecule has 0 unspecified atom stereocenters. The number of benzene rings is 1. The number of sulfonamides is 1. The predicted octanol–water partition coefficient (Wildman–Crippen LogP) is 2.40. The summed E-state index contributed by atoms with van der Waals surface area (Å²) in [5, 5.41) is 9.95. The van der Waals surface area contributed by atoms with E-state index in [2.05, 4.69) is 4.72 Å². The van der Waals surface area contributed by atoms with E-state index in [0.29, 0.717) is 0 Å². The molecule has 0 aromatic heterocycles. The molecule has 0 saturated heterocycles. The Balaban J connectivity index is 3.10. The molecular weight excluding hydrogens is 268 g/mol. The molecule has 1 N–H and O–H groups in total. The second-order valence-corrected chi connectivity index (χ2v) is 6.26. The van der Waals surface area contributed by atoms with E-state index in [0.717, 1.165) is 6.07 Å². The molecule has 0 amide bonds. The smallest absolute Gasteiger partial charge is 0.283 e. The van der Waals surface area contributed by atoms with Gasteiger partial charge in [0.05, 0.1) is 15.9 Å². The molecule has 94 valence electrons. The second kappa shape index (κ2) is 4.89. The van der Waals surface area contributed by atoms with E-state index in [-0.39, 0.29) is 16.4 Å². The van der Waals surface area contributed by atoms with Gasteiger partial charge in [-0.25, -0.2) is 8.42 Å². The molecule has 8 heteroatoms. The summed E-state index contributed by atoms with van der Waals surface area (Å²) in [5.41, 5.74) is -0.217. The summed E-state index contributed by atoms with van der Waals surface area (Å²) in [6.45, 7) is 3.01. The van der Waals surface area contributed by atoms with Crippen LogP contribution < -0.4 is 4.72 Å². The van der Waals surface area contributed by atoms with Crippen molar-refractivity contribution >= 4 is 33.0 Å². The first kappa shape index (κ1) is 13.7. The largest absolute Gasteiger partial charge is 0.289 e. The summed E-state index contributed by atoms with van der Waals surface area (Å²) in [4.78, 5) is 9.95. The van der Waals surface area contributed by atoms with E-state index in [1.807, 2.05) is 0 Å². The molecule has 0 spiro atoms. The number of anilines is 1. The zero-order valence-electron chi connectivity index (χ0n) is 9.18. The standard InChI is InChI=1S/C9H11ClN2O4S/c1-6(2)17(15,16)11-7-3-4-8(10)9(5-7)12(13)14/h3-6,11H,1-2H3. The minimum atomic E-state index is -3.52. The highest BCUT2D eigenvalue weighted by atomic mass is 35.5. The van der Waals surface area contributed by atoms with Gasteiger partial charge in [-0.05, 0) is 26.0 Å². The number of nitro benzene ring substituents is 1. The Morgan fingerprint density at radius 1 is 1.41 bits per heavy atom. The van der Waals surface area contributed by atoms with Gasteiger partial charge in [0.15, 0.2) is 0 Å². The summed E-state index contributed by atoms with van der Waals surface area (Å²) >= 11 is 5.61. The van der Waals surface area contributed by atoms with Gasteiger partial charge in [-0.1, -0.05) is 11.6 Å². The molecule has 0 aliphatic carbocycles. The fourth-order valence-electron chi connectivity index (χ4n) is 0.998. The Bertz CT molecular complexity index is 542. The molecule has 6 nitrogen and oxygen atoms in total. The molecule has 17 heavy (non-hydrogen) atoms. The van der Waals surface area contributed by atoms with Gasteiger partial charge >= 0.3 is 0 Å². The number of hydrogen-bond acceptors (Lipinski definition) is 4. The summed E-state index contributed by atoms with van der Waals surface area (Å²) in [7, 11) is -3.52. The van der Waals surface area contributed by atoms with E-state index < -0.39 is 20.2 Å². The lowest BCUT2D eigenvalue weighted by Crippen LogP contribution is -2.22. The van der Waals surface area contributed by atoms with Crippen LogP contribution in [0.15, 0.2) is 18.2 Å². The average molecular weight is 279 g/mol. The van der Waals surface area contributed by atoms with Gasteiger partial charge in [0.2, 0.25) is 10.0 Å².